The van der Waals surface area contributed by atoms with Crippen molar-refractivity contribution in [2.75, 3.05) is 6.54 Å². The van der Waals surface area contributed by atoms with Crippen molar-refractivity contribution in [2.45, 2.75) is 18.9 Å². The number of rotatable bonds is 1. The number of para-hydroxylation sites is 1. The molecule has 0 aliphatic carbocycles. The quantitative estimate of drug-likeness (QED) is 0.760. The predicted molar refractivity (Wildman–Crippen MR) is 63.0 cm³/mol. The predicted octanol–water partition coefficient (Wildman–Crippen LogP) is 2.27. The number of benzene rings is 1. The molecule has 0 bridgehead atoms. The summed E-state index contributed by atoms with van der Waals surface area (Å²) in [6.45, 7) is 0.960. The van der Waals surface area contributed by atoms with Crippen LogP contribution in [0, 0.1) is 11.3 Å². The molecular weight excluding hydrogens is 198 g/mol. The second-order valence-electron chi connectivity index (χ2n) is 4.18. The minimum Gasteiger partial charge on any atom is -0.357 e. The fourth-order valence-electron chi connectivity index (χ4n) is 2.53. The van der Waals surface area contributed by atoms with Crippen LogP contribution in [0.25, 0.3) is 10.9 Å². The van der Waals surface area contributed by atoms with E-state index < -0.39 is 0 Å². The molecule has 1 unspecified atom stereocenters. The van der Waals surface area contributed by atoms with Gasteiger partial charge in [-0.1, -0.05) is 18.2 Å². The van der Waals surface area contributed by atoms with E-state index in [4.69, 9.17) is 5.26 Å². The second kappa shape index (κ2) is 3.66. The van der Waals surface area contributed by atoms with Crippen molar-refractivity contribution in [3.05, 3.63) is 35.5 Å². The number of hydrogen-bond donors (Lipinski definition) is 2. The van der Waals surface area contributed by atoms with Crippen LogP contribution in [-0.4, -0.2) is 11.5 Å². The summed E-state index contributed by atoms with van der Waals surface area (Å²) < 4.78 is 0. The summed E-state index contributed by atoms with van der Waals surface area (Å²) in [7, 11) is 0. The lowest BCUT2D eigenvalue weighted by atomic mass is 9.98. The number of hydrogen-bond acceptors (Lipinski definition) is 2. The Morgan fingerprint density at radius 3 is 3.12 bits per heavy atom. The summed E-state index contributed by atoms with van der Waals surface area (Å²) in [4.78, 5) is 3.44. The first kappa shape index (κ1) is 9.44. The molecule has 0 amide bonds. The average molecular weight is 211 g/mol. The highest BCUT2D eigenvalue weighted by Gasteiger charge is 2.22. The lowest BCUT2D eigenvalue weighted by Crippen LogP contribution is -2.29. The highest BCUT2D eigenvalue weighted by molar-refractivity contribution is 5.85. The number of nitriles is 1. The summed E-state index contributed by atoms with van der Waals surface area (Å²) in [5, 5.41) is 13.5. The van der Waals surface area contributed by atoms with Gasteiger partial charge in [0.15, 0.2) is 0 Å². The van der Waals surface area contributed by atoms with E-state index in [0.29, 0.717) is 6.42 Å². The zero-order chi connectivity index (χ0) is 11.0. The zero-order valence-electron chi connectivity index (χ0n) is 8.96. The molecule has 0 spiro atoms. The molecule has 1 aliphatic rings. The summed E-state index contributed by atoms with van der Waals surface area (Å²) in [6.07, 6.45) is 1.57. The van der Waals surface area contributed by atoms with Crippen LogP contribution in [0.15, 0.2) is 24.3 Å². The molecule has 3 nitrogen and oxygen atoms in total. The zero-order valence-corrected chi connectivity index (χ0v) is 8.96. The Hall–Kier alpha value is -1.79. The molecule has 3 heteroatoms. The van der Waals surface area contributed by atoms with Gasteiger partial charge in [0.2, 0.25) is 0 Å². The Kier molecular flexibility index (Phi) is 2.16. The first-order chi connectivity index (χ1) is 7.90. The van der Waals surface area contributed by atoms with Crippen molar-refractivity contribution in [1.82, 2.24) is 10.3 Å². The lowest BCUT2D eigenvalue weighted by molar-refractivity contribution is 0.505. The monoisotopic (exact) mass is 211 g/mol. The number of nitrogens with one attached hydrogen (secondary N) is 2. The van der Waals surface area contributed by atoms with Crippen LogP contribution >= 0.6 is 0 Å². The molecule has 16 heavy (non-hydrogen) atoms. The van der Waals surface area contributed by atoms with Gasteiger partial charge in [-0.25, -0.2) is 0 Å². The van der Waals surface area contributed by atoms with Crippen molar-refractivity contribution in [3.63, 3.8) is 0 Å². The fraction of sp³-hybridized carbons (Fsp3) is 0.308. The van der Waals surface area contributed by atoms with Crippen LogP contribution in [0.2, 0.25) is 0 Å². The number of nitrogens with zero attached hydrogens (tertiary/aromatic N) is 1. The molecule has 2 heterocycles. The first-order valence-electron chi connectivity index (χ1n) is 5.60. The van der Waals surface area contributed by atoms with Gasteiger partial charge in [-0.2, -0.15) is 5.26 Å². The lowest BCUT2D eigenvalue weighted by Gasteiger charge is -2.22. The van der Waals surface area contributed by atoms with Crippen LogP contribution in [0.4, 0.5) is 0 Å². The van der Waals surface area contributed by atoms with E-state index in [2.05, 4.69) is 34.6 Å². The Morgan fingerprint density at radius 2 is 2.25 bits per heavy atom. The SMILES string of the molecule is N#CCC1NCCc2c1[nH]c1ccccc21. The average Bonchev–Trinajstić information content (AvgIpc) is 2.69. The molecule has 0 radical (unpaired) electrons. The molecule has 80 valence electrons. The van der Waals surface area contributed by atoms with Crippen LogP contribution in [0.3, 0.4) is 0 Å². The normalized spacial score (nSPS) is 19.3. The molecule has 1 aromatic carbocycles. The topological polar surface area (TPSA) is 51.6 Å². The highest BCUT2D eigenvalue weighted by atomic mass is 15.0. The van der Waals surface area contributed by atoms with Crippen molar-refractivity contribution in [2.24, 2.45) is 0 Å². The van der Waals surface area contributed by atoms with Gasteiger partial charge in [-0.05, 0) is 24.6 Å². The van der Waals surface area contributed by atoms with E-state index in [1.807, 2.05) is 6.07 Å². The molecule has 0 fully saturated rings. The maximum Gasteiger partial charge on any atom is 0.0642 e. The van der Waals surface area contributed by atoms with Gasteiger partial charge in [-0.15, -0.1) is 0 Å². The van der Waals surface area contributed by atoms with Gasteiger partial charge in [0.25, 0.3) is 0 Å². The largest absolute Gasteiger partial charge is 0.357 e. The van der Waals surface area contributed by atoms with E-state index in [1.54, 1.807) is 0 Å². The van der Waals surface area contributed by atoms with Gasteiger partial charge in [0.1, 0.15) is 0 Å². The van der Waals surface area contributed by atoms with E-state index >= 15 is 0 Å². The molecular formula is C13H13N3. The molecule has 1 aromatic heterocycles. The minimum atomic E-state index is 0.168. The number of aromatic nitrogens is 1. The Morgan fingerprint density at radius 1 is 1.38 bits per heavy atom. The van der Waals surface area contributed by atoms with Crippen LogP contribution in [0.5, 0.6) is 0 Å². The minimum absolute atomic E-state index is 0.168. The third-order valence-electron chi connectivity index (χ3n) is 3.26. The van der Waals surface area contributed by atoms with Gasteiger partial charge in [0.05, 0.1) is 18.5 Å². The van der Waals surface area contributed by atoms with E-state index in [-0.39, 0.29) is 6.04 Å². The second-order valence-corrected chi connectivity index (χ2v) is 4.18. The van der Waals surface area contributed by atoms with Crippen molar-refractivity contribution in [3.8, 4) is 6.07 Å². The van der Waals surface area contributed by atoms with E-state index in [1.165, 1.54) is 22.2 Å². The Balaban J connectivity index is 2.18. The number of fused-ring (bicyclic) bond motifs is 3. The Bertz CT molecular complexity index is 562. The van der Waals surface area contributed by atoms with Crippen molar-refractivity contribution in [1.29, 1.82) is 5.26 Å². The molecule has 3 rings (SSSR count). The van der Waals surface area contributed by atoms with E-state index in [0.717, 1.165) is 13.0 Å². The standard InChI is InChI=1S/C13H13N3/c14-7-5-12-13-10(6-8-15-12)9-3-1-2-4-11(9)16-13/h1-4,12,15-16H,5-6,8H2. The summed E-state index contributed by atoms with van der Waals surface area (Å²) in [5.74, 6) is 0. The number of aromatic amines is 1. The van der Waals surface area contributed by atoms with Crippen molar-refractivity contribution >= 4 is 10.9 Å². The maximum absolute atomic E-state index is 8.82. The smallest absolute Gasteiger partial charge is 0.0642 e. The summed E-state index contributed by atoms with van der Waals surface area (Å²) in [5.41, 5.74) is 3.77. The van der Waals surface area contributed by atoms with Gasteiger partial charge in [0, 0.05) is 16.6 Å². The molecule has 2 N–H and O–H groups in total. The third-order valence-corrected chi connectivity index (χ3v) is 3.26. The first-order valence-corrected chi connectivity index (χ1v) is 5.60. The third kappa shape index (κ3) is 1.31. The maximum atomic E-state index is 8.82. The van der Waals surface area contributed by atoms with Crippen LogP contribution < -0.4 is 5.32 Å². The molecule has 0 saturated heterocycles. The molecule has 1 atom stereocenters. The van der Waals surface area contributed by atoms with Gasteiger partial charge in [-0.3, -0.25) is 0 Å². The fourth-order valence-corrected chi connectivity index (χ4v) is 2.53. The van der Waals surface area contributed by atoms with Crippen molar-refractivity contribution < 1.29 is 0 Å². The van der Waals surface area contributed by atoms with E-state index in [9.17, 15) is 0 Å². The van der Waals surface area contributed by atoms with Gasteiger partial charge < -0.3 is 10.3 Å². The summed E-state index contributed by atoms with van der Waals surface area (Å²) in [6, 6.07) is 10.8. The van der Waals surface area contributed by atoms with Gasteiger partial charge >= 0.3 is 0 Å². The summed E-state index contributed by atoms with van der Waals surface area (Å²) >= 11 is 0. The number of H-pyrrole nitrogens is 1. The van der Waals surface area contributed by atoms with Crippen LogP contribution in [-0.2, 0) is 6.42 Å². The molecule has 1 aliphatic heterocycles. The molecule has 2 aromatic rings. The van der Waals surface area contributed by atoms with Crippen LogP contribution in [0.1, 0.15) is 23.7 Å². The Labute approximate surface area is 94.1 Å². The molecule has 0 saturated carbocycles. The highest BCUT2D eigenvalue weighted by Crippen LogP contribution is 2.30.